The average Bonchev–Trinajstić information content (AvgIpc) is 3.10. The summed E-state index contributed by atoms with van der Waals surface area (Å²) in [4.78, 5) is 38.6. The predicted octanol–water partition coefficient (Wildman–Crippen LogP) is 0.373. The monoisotopic (exact) mass is 364 g/mol. The number of hydrogen-bond donors (Lipinski definition) is 3. The number of nitrogens with two attached hydrogens (primary N) is 1. The fourth-order valence-electron chi connectivity index (χ4n) is 2.03. The predicted molar refractivity (Wildman–Crippen MR) is 97.2 cm³/mol. The largest absolute Gasteiger partial charge is 0.388 e. The van der Waals surface area contributed by atoms with Gasteiger partial charge in [-0.3, -0.25) is 14.4 Å². The maximum Gasteiger partial charge on any atom is 0.291 e. The van der Waals surface area contributed by atoms with E-state index in [0.717, 1.165) is 0 Å². The van der Waals surface area contributed by atoms with Crippen molar-refractivity contribution >= 4 is 29.6 Å². The minimum absolute atomic E-state index is 0.129. The Morgan fingerprint density at radius 2 is 1.88 bits per heavy atom. The number of imidazole rings is 1. The second-order valence-electron chi connectivity index (χ2n) is 5.39. The van der Waals surface area contributed by atoms with E-state index in [1.807, 2.05) is 0 Å². The SMILES string of the molecule is COC.Cn1cc(NC(=O)c2nc(NC(=O)CCN)cn2C)cc1C=O. The molecule has 0 fully saturated rings. The van der Waals surface area contributed by atoms with Crippen LogP contribution in [0.4, 0.5) is 11.5 Å². The zero-order valence-electron chi connectivity index (χ0n) is 15.3. The van der Waals surface area contributed by atoms with Gasteiger partial charge in [-0.25, -0.2) is 4.98 Å². The van der Waals surface area contributed by atoms with Crippen LogP contribution in [0.15, 0.2) is 18.5 Å². The zero-order valence-corrected chi connectivity index (χ0v) is 15.3. The molecule has 10 heteroatoms. The van der Waals surface area contributed by atoms with Gasteiger partial charge in [0.05, 0.1) is 11.4 Å². The molecule has 0 bridgehead atoms. The molecule has 0 radical (unpaired) electrons. The molecule has 2 amide bonds. The van der Waals surface area contributed by atoms with Crippen LogP contribution in [0, 0.1) is 0 Å². The first-order valence-corrected chi connectivity index (χ1v) is 7.72. The summed E-state index contributed by atoms with van der Waals surface area (Å²) in [5.74, 6) is -0.312. The highest BCUT2D eigenvalue weighted by atomic mass is 16.4. The van der Waals surface area contributed by atoms with Gasteiger partial charge >= 0.3 is 0 Å². The van der Waals surface area contributed by atoms with Crippen molar-refractivity contribution in [1.82, 2.24) is 14.1 Å². The second-order valence-corrected chi connectivity index (χ2v) is 5.39. The average molecular weight is 364 g/mol. The Kier molecular flexibility index (Phi) is 8.19. The van der Waals surface area contributed by atoms with Gasteiger partial charge in [-0.15, -0.1) is 0 Å². The van der Waals surface area contributed by atoms with E-state index in [4.69, 9.17) is 5.73 Å². The fourth-order valence-corrected chi connectivity index (χ4v) is 2.03. The minimum Gasteiger partial charge on any atom is -0.388 e. The Balaban J connectivity index is 0.00000105. The third kappa shape index (κ3) is 5.83. The molecule has 0 spiro atoms. The van der Waals surface area contributed by atoms with E-state index in [2.05, 4.69) is 20.4 Å². The number of aryl methyl sites for hydroxylation is 2. The van der Waals surface area contributed by atoms with Crippen molar-refractivity contribution in [3.05, 3.63) is 30.0 Å². The zero-order chi connectivity index (χ0) is 19.7. The molecule has 0 saturated carbocycles. The van der Waals surface area contributed by atoms with Crippen molar-refractivity contribution < 1.29 is 19.1 Å². The molecule has 0 aliphatic rings. The number of aldehydes is 1. The first kappa shape index (κ1) is 21.1. The summed E-state index contributed by atoms with van der Waals surface area (Å²) in [6.07, 6.45) is 4.03. The van der Waals surface area contributed by atoms with Crippen LogP contribution in [0.5, 0.6) is 0 Å². The molecule has 0 atom stereocenters. The molecule has 10 nitrogen and oxygen atoms in total. The Hall–Kier alpha value is -2.98. The van der Waals surface area contributed by atoms with Crippen LogP contribution in [0.2, 0.25) is 0 Å². The Bertz CT molecular complexity index is 765. The van der Waals surface area contributed by atoms with Crippen LogP contribution in [0.25, 0.3) is 0 Å². The van der Waals surface area contributed by atoms with Crippen LogP contribution < -0.4 is 16.4 Å². The highest BCUT2D eigenvalue weighted by Crippen LogP contribution is 2.14. The van der Waals surface area contributed by atoms with E-state index >= 15 is 0 Å². The van der Waals surface area contributed by atoms with Crippen LogP contribution in [0.1, 0.15) is 27.5 Å². The smallest absolute Gasteiger partial charge is 0.291 e. The molecule has 4 N–H and O–H groups in total. The Labute approximate surface area is 151 Å². The number of aromatic nitrogens is 3. The van der Waals surface area contributed by atoms with Crippen LogP contribution in [-0.4, -0.2) is 53.0 Å². The molecule has 0 aromatic carbocycles. The lowest BCUT2D eigenvalue weighted by molar-refractivity contribution is -0.116. The molecule has 2 heterocycles. The van der Waals surface area contributed by atoms with Gasteiger partial charge in [0.2, 0.25) is 11.7 Å². The van der Waals surface area contributed by atoms with E-state index in [9.17, 15) is 14.4 Å². The summed E-state index contributed by atoms with van der Waals surface area (Å²) in [7, 11) is 6.59. The van der Waals surface area contributed by atoms with E-state index < -0.39 is 5.91 Å². The third-order valence-electron chi connectivity index (χ3n) is 3.14. The maximum atomic E-state index is 12.2. The molecule has 142 valence electrons. The van der Waals surface area contributed by atoms with Crippen molar-refractivity contribution in [2.24, 2.45) is 19.8 Å². The Morgan fingerprint density at radius 1 is 1.23 bits per heavy atom. The van der Waals surface area contributed by atoms with Gasteiger partial charge in [-0.1, -0.05) is 0 Å². The van der Waals surface area contributed by atoms with Crippen LogP contribution in [0.3, 0.4) is 0 Å². The first-order valence-electron chi connectivity index (χ1n) is 7.72. The van der Waals surface area contributed by atoms with Gasteiger partial charge < -0.3 is 30.2 Å². The summed E-state index contributed by atoms with van der Waals surface area (Å²) in [6.45, 7) is 0.235. The highest BCUT2D eigenvalue weighted by molar-refractivity contribution is 6.02. The van der Waals surface area contributed by atoms with Crippen molar-refractivity contribution in [3.63, 3.8) is 0 Å². The van der Waals surface area contributed by atoms with Gasteiger partial charge in [0, 0.05) is 53.7 Å². The molecule has 0 aliphatic heterocycles. The highest BCUT2D eigenvalue weighted by Gasteiger charge is 2.16. The lowest BCUT2D eigenvalue weighted by Gasteiger charge is -2.01. The number of carbonyl (C=O) groups excluding carboxylic acids is 3. The van der Waals surface area contributed by atoms with Gasteiger partial charge in [0.1, 0.15) is 0 Å². The van der Waals surface area contributed by atoms with E-state index in [1.54, 1.807) is 45.1 Å². The molecule has 0 aliphatic carbocycles. The van der Waals surface area contributed by atoms with Crippen molar-refractivity contribution in [2.75, 3.05) is 31.4 Å². The van der Waals surface area contributed by atoms with E-state index in [0.29, 0.717) is 17.7 Å². The lowest BCUT2D eigenvalue weighted by Crippen LogP contribution is -2.17. The lowest BCUT2D eigenvalue weighted by atomic mass is 10.4. The number of rotatable bonds is 6. The molecule has 0 saturated heterocycles. The second kappa shape index (κ2) is 10.1. The van der Waals surface area contributed by atoms with E-state index in [-0.39, 0.29) is 30.5 Å². The van der Waals surface area contributed by atoms with Crippen molar-refractivity contribution in [3.8, 4) is 0 Å². The normalized spacial score (nSPS) is 9.88. The van der Waals surface area contributed by atoms with Crippen LogP contribution in [-0.2, 0) is 23.6 Å². The summed E-state index contributed by atoms with van der Waals surface area (Å²) >= 11 is 0. The number of carbonyl (C=O) groups is 3. The number of nitrogens with zero attached hydrogens (tertiary/aromatic N) is 3. The summed E-state index contributed by atoms with van der Waals surface area (Å²) in [6, 6.07) is 1.55. The number of nitrogens with one attached hydrogen (secondary N) is 2. The first-order chi connectivity index (χ1) is 12.4. The minimum atomic E-state index is -0.449. The summed E-state index contributed by atoms with van der Waals surface area (Å²) < 4.78 is 7.34. The molecule has 2 aromatic rings. The fraction of sp³-hybridized carbons (Fsp3) is 0.375. The molecule has 0 unspecified atom stereocenters. The number of hydrogen-bond acceptors (Lipinski definition) is 6. The Morgan fingerprint density at radius 3 is 2.42 bits per heavy atom. The molecule has 26 heavy (non-hydrogen) atoms. The number of ether oxygens (including phenoxy) is 1. The van der Waals surface area contributed by atoms with Gasteiger partial charge in [-0.2, -0.15) is 0 Å². The third-order valence-corrected chi connectivity index (χ3v) is 3.14. The van der Waals surface area contributed by atoms with Gasteiger partial charge in [-0.05, 0) is 6.07 Å². The number of methoxy groups -OCH3 is 1. The van der Waals surface area contributed by atoms with E-state index in [1.165, 1.54) is 10.8 Å². The van der Waals surface area contributed by atoms with Gasteiger partial charge in [0.25, 0.3) is 5.91 Å². The molecular weight excluding hydrogens is 340 g/mol. The van der Waals surface area contributed by atoms with Crippen LogP contribution >= 0.6 is 0 Å². The van der Waals surface area contributed by atoms with Crippen molar-refractivity contribution in [2.45, 2.75) is 6.42 Å². The number of anilines is 2. The maximum absolute atomic E-state index is 12.2. The summed E-state index contributed by atoms with van der Waals surface area (Å²) in [5, 5.41) is 5.22. The molecular formula is C16H24N6O4. The number of amides is 2. The topological polar surface area (TPSA) is 133 Å². The van der Waals surface area contributed by atoms with Gasteiger partial charge in [0.15, 0.2) is 12.1 Å². The van der Waals surface area contributed by atoms with Crippen molar-refractivity contribution in [1.29, 1.82) is 0 Å². The quantitative estimate of drug-likeness (QED) is 0.634. The summed E-state index contributed by atoms with van der Waals surface area (Å²) in [5.41, 5.74) is 6.22. The molecule has 2 rings (SSSR count). The molecule has 2 aromatic heterocycles. The standard InChI is InChI=1S/C14H18N6O3.C2H6O/c1-19-6-9(5-10(19)8-21)16-14(23)13-18-11(7-20(13)2)17-12(22)3-4-15;1-3-2/h5-8H,3-4,15H2,1-2H3,(H,16,23)(H,17,22);1-2H3.